The lowest BCUT2D eigenvalue weighted by Crippen LogP contribution is -2.57. The summed E-state index contributed by atoms with van der Waals surface area (Å²) in [4.78, 5) is 5.53. The van der Waals surface area contributed by atoms with Gasteiger partial charge in [0.15, 0.2) is 0 Å². The van der Waals surface area contributed by atoms with Gasteiger partial charge in [0.05, 0.1) is 0 Å². The molecule has 5 rings (SSSR count). The fourth-order valence-corrected chi connectivity index (χ4v) is 4.51. The Bertz CT molecular complexity index is 260. The molecule has 0 aromatic rings. The number of piperidine rings is 3. The molecule has 5 aliphatic rings. The van der Waals surface area contributed by atoms with Crippen LogP contribution in [-0.2, 0) is 0 Å². The minimum Gasteiger partial charge on any atom is -0.316 e. The van der Waals surface area contributed by atoms with Gasteiger partial charge in [-0.25, -0.2) is 0 Å². The normalized spacial score (nSPS) is 52.1. The van der Waals surface area contributed by atoms with E-state index < -0.39 is 0 Å². The van der Waals surface area contributed by atoms with E-state index in [0.29, 0.717) is 0 Å². The zero-order valence-corrected chi connectivity index (χ0v) is 10.1. The molecule has 3 heteroatoms. The fourth-order valence-electron chi connectivity index (χ4n) is 4.51. The lowest BCUT2D eigenvalue weighted by Gasteiger charge is -2.48. The van der Waals surface area contributed by atoms with Crippen LogP contribution >= 0.6 is 0 Å². The molecule has 3 nitrogen and oxygen atoms in total. The van der Waals surface area contributed by atoms with Gasteiger partial charge in [0.25, 0.3) is 0 Å². The Balaban J connectivity index is 1.47. The number of nitrogens with zero attached hydrogens (tertiary/aromatic N) is 2. The van der Waals surface area contributed by atoms with Crippen LogP contribution in [0.2, 0.25) is 0 Å². The summed E-state index contributed by atoms with van der Waals surface area (Å²) in [5.74, 6) is 2.96. The van der Waals surface area contributed by atoms with Gasteiger partial charge in [-0.3, -0.25) is 4.90 Å². The van der Waals surface area contributed by atoms with Gasteiger partial charge in [-0.15, -0.1) is 0 Å². The van der Waals surface area contributed by atoms with E-state index in [2.05, 4.69) is 15.1 Å². The molecule has 5 fully saturated rings. The molecule has 0 aliphatic carbocycles. The van der Waals surface area contributed by atoms with Crippen molar-refractivity contribution in [3.8, 4) is 0 Å². The van der Waals surface area contributed by atoms with Crippen molar-refractivity contribution in [1.82, 2.24) is 15.1 Å². The predicted octanol–water partition coefficient (Wildman–Crippen LogP) is 0.232. The first kappa shape index (κ1) is 9.86. The number of likely N-dealkylation sites (tertiary alicyclic amines) is 1. The molecule has 3 atom stereocenters. The summed E-state index contributed by atoms with van der Waals surface area (Å²) in [5, 5.41) is 3.54. The van der Waals surface area contributed by atoms with Gasteiger partial charge in [-0.05, 0) is 56.8 Å². The summed E-state index contributed by atoms with van der Waals surface area (Å²) in [6.07, 6.45) is 2.93. The van der Waals surface area contributed by atoms with Crippen molar-refractivity contribution in [2.45, 2.75) is 18.9 Å². The highest BCUT2D eigenvalue weighted by Gasteiger charge is 2.43. The molecule has 1 N–H and O–H groups in total. The van der Waals surface area contributed by atoms with Crippen LogP contribution in [0.3, 0.4) is 0 Å². The number of hydrogen-bond acceptors (Lipinski definition) is 3. The first-order valence-electron chi connectivity index (χ1n) is 7.07. The second-order valence-electron chi connectivity index (χ2n) is 6.34. The maximum atomic E-state index is 3.54. The minimum absolute atomic E-state index is 0.910. The third kappa shape index (κ3) is 1.45. The summed E-state index contributed by atoms with van der Waals surface area (Å²) in [6.45, 7) is 9.45. The Morgan fingerprint density at radius 2 is 1.50 bits per heavy atom. The van der Waals surface area contributed by atoms with Gasteiger partial charge >= 0.3 is 0 Å². The van der Waals surface area contributed by atoms with Crippen molar-refractivity contribution in [2.75, 3.05) is 45.8 Å². The SMILES string of the molecule is C1CN2CCC1C(N1C[C@H]3CNC[C@H]3C1)C2. The molecule has 1 unspecified atom stereocenters. The Kier molecular flexibility index (Phi) is 2.27. The second-order valence-corrected chi connectivity index (χ2v) is 6.34. The molecule has 5 aliphatic heterocycles. The smallest absolute Gasteiger partial charge is 0.0252 e. The molecule has 5 heterocycles. The molecule has 16 heavy (non-hydrogen) atoms. The van der Waals surface area contributed by atoms with E-state index in [1.807, 2.05) is 0 Å². The molecular weight excluding hydrogens is 198 g/mol. The highest BCUT2D eigenvalue weighted by atomic mass is 15.3. The monoisotopic (exact) mass is 221 g/mol. The quantitative estimate of drug-likeness (QED) is 0.684. The van der Waals surface area contributed by atoms with E-state index in [0.717, 1.165) is 23.8 Å². The first-order valence-corrected chi connectivity index (χ1v) is 7.07. The molecule has 0 saturated carbocycles. The van der Waals surface area contributed by atoms with Gasteiger partial charge in [-0.2, -0.15) is 0 Å². The van der Waals surface area contributed by atoms with Crippen LogP contribution < -0.4 is 5.32 Å². The number of fused-ring (bicyclic) bond motifs is 4. The summed E-state index contributed by atoms with van der Waals surface area (Å²) in [7, 11) is 0. The van der Waals surface area contributed by atoms with Crippen molar-refractivity contribution in [2.24, 2.45) is 17.8 Å². The van der Waals surface area contributed by atoms with E-state index >= 15 is 0 Å². The number of rotatable bonds is 1. The van der Waals surface area contributed by atoms with Crippen LogP contribution in [0.25, 0.3) is 0 Å². The summed E-state index contributed by atoms with van der Waals surface area (Å²) < 4.78 is 0. The van der Waals surface area contributed by atoms with E-state index in [4.69, 9.17) is 0 Å². The van der Waals surface area contributed by atoms with Crippen molar-refractivity contribution in [3.05, 3.63) is 0 Å². The largest absolute Gasteiger partial charge is 0.316 e. The minimum atomic E-state index is 0.910. The van der Waals surface area contributed by atoms with Crippen LogP contribution in [-0.4, -0.2) is 61.7 Å². The Morgan fingerprint density at radius 1 is 0.812 bits per heavy atom. The summed E-state index contributed by atoms with van der Waals surface area (Å²) in [5.41, 5.74) is 0. The van der Waals surface area contributed by atoms with Crippen molar-refractivity contribution >= 4 is 0 Å². The highest BCUT2D eigenvalue weighted by Crippen LogP contribution is 2.35. The van der Waals surface area contributed by atoms with Crippen molar-refractivity contribution in [3.63, 3.8) is 0 Å². The Labute approximate surface area is 98.2 Å². The van der Waals surface area contributed by atoms with Gasteiger partial charge in [-0.1, -0.05) is 0 Å². The topological polar surface area (TPSA) is 18.5 Å². The van der Waals surface area contributed by atoms with Gasteiger partial charge in [0.2, 0.25) is 0 Å². The zero-order chi connectivity index (χ0) is 10.5. The predicted molar refractivity (Wildman–Crippen MR) is 64.4 cm³/mol. The Hall–Kier alpha value is -0.120. The van der Waals surface area contributed by atoms with Crippen LogP contribution in [0.1, 0.15) is 12.8 Å². The van der Waals surface area contributed by atoms with E-state index in [1.54, 1.807) is 0 Å². The summed E-state index contributed by atoms with van der Waals surface area (Å²) >= 11 is 0. The number of hydrogen-bond donors (Lipinski definition) is 1. The molecule has 0 radical (unpaired) electrons. The standard InChI is InChI=1S/C13H23N3/c1-3-15-4-2-10(1)13(9-15)16-7-11-5-14-6-12(11)8-16/h10-14H,1-9H2/t11-,12+,13?. The van der Waals surface area contributed by atoms with E-state index in [1.165, 1.54) is 58.7 Å². The Morgan fingerprint density at radius 3 is 2.06 bits per heavy atom. The van der Waals surface area contributed by atoms with E-state index in [-0.39, 0.29) is 0 Å². The molecule has 90 valence electrons. The van der Waals surface area contributed by atoms with Crippen LogP contribution in [0.4, 0.5) is 0 Å². The maximum Gasteiger partial charge on any atom is 0.0252 e. The maximum absolute atomic E-state index is 3.54. The van der Waals surface area contributed by atoms with Crippen LogP contribution in [0, 0.1) is 17.8 Å². The molecule has 5 saturated heterocycles. The van der Waals surface area contributed by atoms with Gasteiger partial charge in [0, 0.05) is 25.7 Å². The fraction of sp³-hybridized carbons (Fsp3) is 1.00. The highest BCUT2D eigenvalue weighted by molar-refractivity contribution is 4.99. The third-order valence-corrected chi connectivity index (χ3v) is 5.51. The summed E-state index contributed by atoms with van der Waals surface area (Å²) in [6, 6.07) is 0.910. The average molecular weight is 221 g/mol. The van der Waals surface area contributed by atoms with Crippen molar-refractivity contribution in [1.29, 1.82) is 0 Å². The average Bonchev–Trinajstić information content (AvgIpc) is 2.90. The van der Waals surface area contributed by atoms with Gasteiger partial charge in [0.1, 0.15) is 0 Å². The first-order chi connectivity index (χ1) is 7.90. The van der Waals surface area contributed by atoms with Crippen molar-refractivity contribution < 1.29 is 0 Å². The lowest BCUT2D eigenvalue weighted by atomic mass is 9.83. The molecule has 0 aromatic heterocycles. The molecule has 0 amide bonds. The second kappa shape index (κ2) is 3.69. The zero-order valence-electron chi connectivity index (χ0n) is 10.1. The van der Waals surface area contributed by atoms with E-state index in [9.17, 15) is 0 Å². The number of nitrogens with one attached hydrogen (secondary N) is 1. The molecule has 2 bridgehead atoms. The molecule has 0 aromatic carbocycles. The van der Waals surface area contributed by atoms with Crippen LogP contribution in [0.15, 0.2) is 0 Å². The third-order valence-electron chi connectivity index (χ3n) is 5.51. The molecular formula is C13H23N3. The van der Waals surface area contributed by atoms with Crippen LogP contribution in [0.5, 0.6) is 0 Å². The van der Waals surface area contributed by atoms with Gasteiger partial charge < -0.3 is 10.2 Å². The molecule has 0 spiro atoms. The lowest BCUT2D eigenvalue weighted by molar-refractivity contribution is 0.0126.